The molecule has 3 aromatic heterocycles. The average molecular weight is 331 g/mol. The zero-order valence-corrected chi connectivity index (χ0v) is 13.6. The van der Waals surface area contributed by atoms with Gasteiger partial charge in [-0.05, 0) is 30.7 Å². The maximum absolute atomic E-state index is 12.8. The Kier molecular flexibility index (Phi) is 3.09. The molecule has 1 fully saturated rings. The molecule has 1 aliphatic heterocycles. The number of hydrogen-bond donors (Lipinski definition) is 1. The van der Waals surface area contributed by atoms with Gasteiger partial charge in [0.25, 0.3) is 5.91 Å². The van der Waals surface area contributed by atoms with Crippen molar-refractivity contribution in [3.63, 3.8) is 0 Å². The van der Waals surface area contributed by atoms with Crippen LogP contribution in [0, 0.1) is 0 Å². The molecule has 1 atom stereocenters. The smallest absolute Gasteiger partial charge is 0.270 e. The monoisotopic (exact) mass is 331 g/mol. The van der Waals surface area contributed by atoms with Crippen molar-refractivity contribution >= 4 is 28.0 Å². The van der Waals surface area contributed by atoms with Crippen LogP contribution in [0.25, 0.3) is 22.1 Å². The number of H-pyrrole nitrogens is 1. The number of fused-ring (bicyclic) bond motifs is 2. The number of hydrogen-bond acceptors (Lipinski definition) is 3. The van der Waals surface area contributed by atoms with E-state index in [1.165, 1.54) is 0 Å². The van der Waals surface area contributed by atoms with Crippen molar-refractivity contribution in [2.24, 2.45) is 0 Å². The molecule has 1 saturated heterocycles. The molecule has 0 unspecified atom stereocenters. The number of amides is 1. The van der Waals surface area contributed by atoms with Gasteiger partial charge in [-0.25, -0.2) is 9.97 Å². The highest BCUT2D eigenvalue weighted by Gasteiger charge is 2.29. The fraction of sp³-hybridized carbons (Fsp3) is 0.211. The maximum Gasteiger partial charge on any atom is 0.270 e. The van der Waals surface area contributed by atoms with Gasteiger partial charge in [-0.3, -0.25) is 4.79 Å². The van der Waals surface area contributed by atoms with Gasteiger partial charge in [-0.1, -0.05) is 18.2 Å². The highest BCUT2D eigenvalue weighted by atomic mass is 16.2. The van der Waals surface area contributed by atoms with Crippen molar-refractivity contribution in [2.75, 3.05) is 13.1 Å². The molecule has 25 heavy (non-hydrogen) atoms. The predicted molar refractivity (Wildman–Crippen MR) is 95.4 cm³/mol. The van der Waals surface area contributed by atoms with Crippen molar-refractivity contribution in [2.45, 2.75) is 12.5 Å². The fourth-order valence-electron chi connectivity index (χ4n) is 3.65. The SMILES string of the molecule is O=C(c1cc2ccccc2[nH]1)N1CC[C@H](n2cnc3cccnc32)C1. The van der Waals surface area contributed by atoms with Crippen LogP contribution in [0.1, 0.15) is 23.0 Å². The number of para-hydroxylation sites is 1. The van der Waals surface area contributed by atoms with E-state index in [-0.39, 0.29) is 11.9 Å². The highest BCUT2D eigenvalue weighted by molar-refractivity contribution is 5.98. The van der Waals surface area contributed by atoms with Gasteiger partial charge in [-0.2, -0.15) is 0 Å². The first kappa shape index (κ1) is 14.2. The summed E-state index contributed by atoms with van der Waals surface area (Å²) in [7, 11) is 0. The first-order chi connectivity index (χ1) is 12.3. The molecule has 6 nitrogen and oxygen atoms in total. The van der Waals surface area contributed by atoms with Gasteiger partial charge in [0.15, 0.2) is 5.65 Å². The van der Waals surface area contributed by atoms with Gasteiger partial charge in [0.2, 0.25) is 0 Å². The Morgan fingerprint density at radius 1 is 1.16 bits per heavy atom. The quantitative estimate of drug-likeness (QED) is 0.614. The molecule has 0 radical (unpaired) electrons. The number of carbonyl (C=O) groups is 1. The van der Waals surface area contributed by atoms with Gasteiger partial charge in [0.05, 0.1) is 12.4 Å². The Bertz CT molecular complexity index is 1050. The lowest BCUT2D eigenvalue weighted by Crippen LogP contribution is -2.29. The first-order valence-electron chi connectivity index (χ1n) is 8.44. The van der Waals surface area contributed by atoms with Gasteiger partial charge in [-0.15, -0.1) is 0 Å². The van der Waals surface area contributed by atoms with Crippen molar-refractivity contribution in [3.8, 4) is 0 Å². The maximum atomic E-state index is 12.8. The lowest BCUT2D eigenvalue weighted by atomic mass is 10.2. The van der Waals surface area contributed by atoms with Gasteiger partial charge < -0.3 is 14.5 Å². The minimum atomic E-state index is 0.0519. The summed E-state index contributed by atoms with van der Waals surface area (Å²) in [6, 6.07) is 13.9. The van der Waals surface area contributed by atoms with Crippen LogP contribution < -0.4 is 0 Å². The van der Waals surface area contributed by atoms with E-state index in [0.29, 0.717) is 12.2 Å². The molecule has 1 amide bonds. The molecule has 6 heteroatoms. The molecule has 1 aromatic carbocycles. The zero-order chi connectivity index (χ0) is 16.8. The summed E-state index contributed by atoms with van der Waals surface area (Å²) in [5.74, 6) is 0.0519. The van der Waals surface area contributed by atoms with E-state index in [9.17, 15) is 4.79 Å². The minimum Gasteiger partial charge on any atom is -0.351 e. The standard InChI is InChI=1S/C19H17N5O/c25-19(17-10-13-4-1-2-5-15(13)22-17)23-9-7-14(11-23)24-12-21-16-6-3-8-20-18(16)24/h1-6,8,10,12,14,22H,7,9,11H2/t14-/m0/s1. The van der Waals surface area contributed by atoms with Gasteiger partial charge in [0.1, 0.15) is 11.2 Å². The van der Waals surface area contributed by atoms with E-state index in [1.54, 1.807) is 6.20 Å². The normalized spacial score (nSPS) is 17.6. The Labute approximate surface area is 144 Å². The summed E-state index contributed by atoms with van der Waals surface area (Å²) in [5.41, 5.74) is 3.41. The minimum absolute atomic E-state index is 0.0519. The van der Waals surface area contributed by atoms with Gasteiger partial charge >= 0.3 is 0 Å². The molecule has 0 saturated carbocycles. The zero-order valence-electron chi connectivity index (χ0n) is 13.6. The third-order valence-electron chi connectivity index (χ3n) is 4.94. The van der Waals surface area contributed by atoms with Crippen LogP contribution in [0.5, 0.6) is 0 Å². The fourth-order valence-corrected chi connectivity index (χ4v) is 3.65. The lowest BCUT2D eigenvalue weighted by molar-refractivity contribution is 0.0783. The topological polar surface area (TPSA) is 66.8 Å². The summed E-state index contributed by atoms with van der Waals surface area (Å²) in [6.45, 7) is 1.42. The van der Waals surface area contributed by atoms with Crippen molar-refractivity contribution in [3.05, 3.63) is 60.7 Å². The lowest BCUT2D eigenvalue weighted by Gasteiger charge is -2.16. The van der Waals surface area contributed by atoms with E-state index in [1.807, 2.05) is 53.7 Å². The number of imidazole rings is 1. The molecule has 1 aliphatic rings. The van der Waals surface area contributed by atoms with Crippen molar-refractivity contribution < 1.29 is 4.79 Å². The summed E-state index contributed by atoms with van der Waals surface area (Å²) < 4.78 is 2.09. The molecule has 0 aliphatic carbocycles. The number of benzene rings is 1. The van der Waals surface area contributed by atoms with E-state index in [0.717, 1.165) is 35.0 Å². The highest BCUT2D eigenvalue weighted by Crippen LogP contribution is 2.26. The molecule has 1 N–H and O–H groups in total. The molecule has 0 bridgehead atoms. The molecule has 4 heterocycles. The van der Waals surface area contributed by atoms with Crippen LogP contribution in [0.4, 0.5) is 0 Å². The van der Waals surface area contributed by atoms with E-state index in [2.05, 4.69) is 19.5 Å². The Morgan fingerprint density at radius 2 is 2.08 bits per heavy atom. The van der Waals surface area contributed by atoms with E-state index < -0.39 is 0 Å². The van der Waals surface area contributed by atoms with Crippen LogP contribution in [0.2, 0.25) is 0 Å². The number of rotatable bonds is 2. The molecule has 4 aromatic rings. The van der Waals surface area contributed by atoms with E-state index in [4.69, 9.17) is 0 Å². The van der Waals surface area contributed by atoms with Crippen molar-refractivity contribution in [1.82, 2.24) is 24.4 Å². The summed E-state index contributed by atoms with van der Waals surface area (Å²) in [5, 5.41) is 1.06. The molecule has 124 valence electrons. The van der Waals surface area contributed by atoms with Crippen LogP contribution in [-0.2, 0) is 0 Å². The Morgan fingerprint density at radius 3 is 3.00 bits per heavy atom. The number of likely N-dealkylation sites (tertiary alicyclic amines) is 1. The summed E-state index contributed by atoms with van der Waals surface area (Å²) >= 11 is 0. The number of aromatic nitrogens is 4. The molecule has 0 spiro atoms. The second-order valence-corrected chi connectivity index (χ2v) is 6.46. The average Bonchev–Trinajstić information content (AvgIpc) is 3.37. The Hall–Kier alpha value is -3.15. The number of aromatic amines is 1. The van der Waals surface area contributed by atoms with Crippen LogP contribution in [0.3, 0.4) is 0 Å². The van der Waals surface area contributed by atoms with Crippen LogP contribution >= 0.6 is 0 Å². The third kappa shape index (κ3) is 2.29. The number of pyridine rings is 1. The van der Waals surface area contributed by atoms with E-state index >= 15 is 0 Å². The number of nitrogens with zero attached hydrogens (tertiary/aromatic N) is 4. The number of nitrogens with one attached hydrogen (secondary N) is 1. The first-order valence-corrected chi connectivity index (χ1v) is 8.44. The summed E-state index contributed by atoms with van der Waals surface area (Å²) in [4.78, 5) is 26.8. The predicted octanol–water partition coefficient (Wildman–Crippen LogP) is 3.00. The van der Waals surface area contributed by atoms with Crippen LogP contribution in [0.15, 0.2) is 55.0 Å². The molecular weight excluding hydrogens is 314 g/mol. The number of carbonyl (C=O) groups excluding carboxylic acids is 1. The molecular formula is C19H17N5O. The van der Waals surface area contributed by atoms with Crippen LogP contribution in [-0.4, -0.2) is 43.4 Å². The summed E-state index contributed by atoms with van der Waals surface area (Å²) in [6.07, 6.45) is 4.52. The second kappa shape index (κ2) is 5.44. The Balaban J connectivity index is 1.40. The van der Waals surface area contributed by atoms with Gasteiger partial charge in [0, 0.05) is 30.2 Å². The second-order valence-electron chi connectivity index (χ2n) is 6.46. The third-order valence-corrected chi connectivity index (χ3v) is 4.94. The van der Waals surface area contributed by atoms with Crippen molar-refractivity contribution in [1.29, 1.82) is 0 Å². The largest absolute Gasteiger partial charge is 0.351 e. The molecule has 5 rings (SSSR count).